The summed E-state index contributed by atoms with van der Waals surface area (Å²) in [7, 11) is 0. The molecule has 1 saturated heterocycles. The molecule has 0 aliphatic carbocycles. The molecule has 1 fully saturated rings. The molecule has 3 heteroatoms. The van der Waals surface area contributed by atoms with Gasteiger partial charge in [0.05, 0.1) is 6.20 Å². The molecular formula is C12H20N2O. The van der Waals surface area contributed by atoms with E-state index in [2.05, 4.69) is 23.3 Å². The summed E-state index contributed by atoms with van der Waals surface area (Å²) in [6, 6.07) is 2.59. The standard InChI is InChI=1S/C12H18N2O.H2/c1-2-10-6-12(8-13-7-10)15-9-11-4-3-5-14-11;/h6-8,11,14H,2-5,9H2,1H3;1H/t11-;/m1./s1. The number of pyridine rings is 1. The van der Waals surface area contributed by atoms with E-state index in [0.29, 0.717) is 6.04 Å². The van der Waals surface area contributed by atoms with Crippen molar-refractivity contribution in [2.75, 3.05) is 13.2 Å². The summed E-state index contributed by atoms with van der Waals surface area (Å²) in [5.41, 5.74) is 1.23. The first-order valence-corrected chi connectivity index (χ1v) is 5.68. The van der Waals surface area contributed by atoms with Crippen LogP contribution < -0.4 is 10.1 Å². The van der Waals surface area contributed by atoms with Crippen molar-refractivity contribution in [1.29, 1.82) is 0 Å². The number of nitrogens with one attached hydrogen (secondary N) is 1. The third-order valence-corrected chi connectivity index (χ3v) is 2.79. The highest BCUT2D eigenvalue weighted by molar-refractivity contribution is 5.23. The predicted octanol–water partition coefficient (Wildman–Crippen LogP) is 2.02. The van der Waals surface area contributed by atoms with Gasteiger partial charge in [0.1, 0.15) is 12.4 Å². The molecule has 15 heavy (non-hydrogen) atoms. The van der Waals surface area contributed by atoms with Crippen LogP contribution in [-0.4, -0.2) is 24.2 Å². The zero-order chi connectivity index (χ0) is 10.5. The van der Waals surface area contributed by atoms with Crippen LogP contribution in [0.3, 0.4) is 0 Å². The van der Waals surface area contributed by atoms with Crippen molar-refractivity contribution in [2.45, 2.75) is 32.2 Å². The molecular weight excluding hydrogens is 188 g/mol. The van der Waals surface area contributed by atoms with Gasteiger partial charge >= 0.3 is 0 Å². The quantitative estimate of drug-likeness (QED) is 0.822. The second-order valence-corrected chi connectivity index (χ2v) is 3.99. The molecule has 1 aromatic heterocycles. The van der Waals surface area contributed by atoms with E-state index in [9.17, 15) is 0 Å². The SMILES string of the molecule is CCc1cncc(OC[C@H]2CCCN2)c1.[HH]. The van der Waals surface area contributed by atoms with Gasteiger partial charge in [-0.3, -0.25) is 4.98 Å². The van der Waals surface area contributed by atoms with E-state index in [1.54, 1.807) is 6.20 Å². The first-order valence-electron chi connectivity index (χ1n) is 5.68. The highest BCUT2D eigenvalue weighted by atomic mass is 16.5. The van der Waals surface area contributed by atoms with Crippen LogP contribution in [0.4, 0.5) is 0 Å². The molecule has 0 amide bonds. The van der Waals surface area contributed by atoms with Crippen molar-refractivity contribution in [1.82, 2.24) is 10.3 Å². The van der Waals surface area contributed by atoms with Gasteiger partial charge in [-0.2, -0.15) is 0 Å². The van der Waals surface area contributed by atoms with Crippen LogP contribution in [0.15, 0.2) is 18.5 Å². The monoisotopic (exact) mass is 208 g/mol. The van der Waals surface area contributed by atoms with Crippen molar-refractivity contribution in [2.24, 2.45) is 0 Å². The Morgan fingerprint density at radius 1 is 1.60 bits per heavy atom. The summed E-state index contributed by atoms with van der Waals surface area (Å²) in [5, 5.41) is 3.41. The molecule has 1 atom stereocenters. The average Bonchev–Trinajstić information content (AvgIpc) is 2.79. The Labute approximate surface area is 92.3 Å². The second kappa shape index (κ2) is 5.12. The van der Waals surface area contributed by atoms with E-state index >= 15 is 0 Å². The highest BCUT2D eigenvalue weighted by Gasteiger charge is 2.14. The molecule has 2 heterocycles. The lowest BCUT2D eigenvalue weighted by Gasteiger charge is -2.12. The molecule has 0 saturated carbocycles. The molecule has 0 spiro atoms. The van der Waals surface area contributed by atoms with Crippen LogP contribution >= 0.6 is 0 Å². The molecule has 84 valence electrons. The summed E-state index contributed by atoms with van der Waals surface area (Å²) < 4.78 is 5.71. The topological polar surface area (TPSA) is 34.1 Å². The number of aromatic nitrogens is 1. The fourth-order valence-electron chi connectivity index (χ4n) is 1.83. The summed E-state index contributed by atoms with van der Waals surface area (Å²) >= 11 is 0. The van der Waals surface area contributed by atoms with Crippen molar-refractivity contribution < 1.29 is 6.16 Å². The lowest BCUT2D eigenvalue weighted by Crippen LogP contribution is -2.28. The van der Waals surface area contributed by atoms with Gasteiger partial charge in [-0.05, 0) is 37.4 Å². The number of ether oxygens (including phenoxy) is 1. The summed E-state index contributed by atoms with van der Waals surface area (Å²) in [6.45, 7) is 4.01. The Bertz CT molecular complexity index is 314. The second-order valence-electron chi connectivity index (χ2n) is 3.99. The number of rotatable bonds is 4. The summed E-state index contributed by atoms with van der Waals surface area (Å²) in [5.74, 6) is 0.892. The van der Waals surface area contributed by atoms with Crippen LogP contribution in [-0.2, 0) is 6.42 Å². The third kappa shape index (κ3) is 2.93. The summed E-state index contributed by atoms with van der Waals surface area (Å²) in [6.07, 6.45) is 7.17. The van der Waals surface area contributed by atoms with Gasteiger partial charge in [0.25, 0.3) is 0 Å². The van der Waals surface area contributed by atoms with Crippen LogP contribution in [0.2, 0.25) is 0 Å². The predicted molar refractivity (Wildman–Crippen MR) is 62.2 cm³/mol. The minimum Gasteiger partial charge on any atom is -0.490 e. The van der Waals surface area contributed by atoms with Crippen molar-refractivity contribution in [3.8, 4) is 5.75 Å². The van der Waals surface area contributed by atoms with Gasteiger partial charge in [-0.1, -0.05) is 6.92 Å². The van der Waals surface area contributed by atoms with Gasteiger partial charge in [0.2, 0.25) is 0 Å². The molecule has 1 aliphatic heterocycles. The van der Waals surface area contributed by atoms with Crippen LogP contribution in [0, 0.1) is 0 Å². The maximum Gasteiger partial charge on any atom is 0.137 e. The van der Waals surface area contributed by atoms with E-state index in [1.807, 2.05) is 6.20 Å². The number of nitrogens with zero attached hydrogens (tertiary/aromatic N) is 1. The maximum atomic E-state index is 5.71. The van der Waals surface area contributed by atoms with E-state index in [-0.39, 0.29) is 1.43 Å². The number of hydrogen-bond acceptors (Lipinski definition) is 3. The van der Waals surface area contributed by atoms with Crippen LogP contribution in [0.1, 0.15) is 26.8 Å². The van der Waals surface area contributed by atoms with Gasteiger partial charge in [-0.15, -0.1) is 0 Å². The minimum atomic E-state index is 0. The Hall–Kier alpha value is -1.09. The highest BCUT2D eigenvalue weighted by Crippen LogP contribution is 2.13. The molecule has 1 aromatic rings. The van der Waals surface area contributed by atoms with Crippen molar-refractivity contribution in [3.63, 3.8) is 0 Å². The van der Waals surface area contributed by atoms with E-state index in [1.165, 1.54) is 18.4 Å². The Morgan fingerprint density at radius 2 is 2.53 bits per heavy atom. The van der Waals surface area contributed by atoms with Gasteiger partial charge in [0, 0.05) is 13.7 Å². The van der Waals surface area contributed by atoms with E-state index in [4.69, 9.17) is 4.74 Å². The minimum absolute atomic E-state index is 0. The fourth-order valence-corrected chi connectivity index (χ4v) is 1.83. The average molecular weight is 208 g/mol. The Kier molecular flexibility index (Phi) is 3.56. The molecule has 1 N–H and O–H groups in total. The zero-order valence-corrected chi connectivity index (χ0v) is 9.20. The molecule has 0 aromatic carbocycles. The van der Waals surface area contributed by atoms with Crippen LogP contribution in [0.5, 0.6) is 5.75 Å². The number of aryl methyl sites for hydroxylation is 1. The zero-order valence-electron chi connectivity index (χ0n) is 9.20. The first kappa shape index (κ1) is 10.4. The maximum absolute atomic E-state index is 5.71. The molecule has 0 bridgehead atoms. The third-order valence-electron chi connectivity index (χ3n) is 2.79. The molecule has 3 nitrogen and oxygen atoms in total. The van der Waals surface area contributed by atoms with Gasteiger partial charge < -0.3 is 10.1 Å². The lowest BCUT2D eigenvalue weighted by atomic mass is 10.2. The van der Waals surface area contributed by atoms with Crippen molar-refractivity contribution in [3.05, 3.63) is 24.0 Å². The van der Waals surface area contributed by atoms with Crippen LogP contribution in [0.25, 0.3) is 0 Å². The Balaban J connectivity index is 0.00000128. The van der Waals surface area contributed by atoms with E-state index in [0.717, 1.165) is 25.3 Å². The molecule has 0 radical (unpaired) electrons. The smallest absolute Gasteiger partial charge is 0.137 e. The Morgan fingerprint density at radius 3 is 3.27 bits per heavy atom. The molecule has 0 unspecified atom stereocenters. The summed E-state index contributed by atoms with van der Waals surface area (Å²) in [4.78, 5) is 4.16. The van der Waals surface area contributed by atoms with Crippen molar-refractivity contribution >= 4 is 0 Å². The normalized spacial score (nSPS) is 20.5. The molecule has 1 aliphatic rings. The van der Waals surface area contributed by atoms with E-state index < -0.39 is 0 Å². The largest absolute Gasteiger partial charge is 0.490 e. The van der Waals surface area contributed by atoms with Gasteiger partial charge in [-0.25, -0.2) is 0 Å². The fraction of sp³-hybridized carbons (Fsp3) is 0.583. The lowest BCUT2D eigenvalue weighted by molar-refractivity contribution is 0.276. The molecule has 2 rings (SSSR count). The number of hydrogen-bond donors (Lipinski definition) is 1. The first-order chi connectivity index (χ1) is 7.38. The van der Waals surface area contributed by atoms with Gasteiger partial charge in [0.15, 0.2) is 0 Å².